The molecule has 0 aliphatic rings. The zero-order chi connectivity index (χ0) is 10.6. The van der Waals surface area contributed by atoms with E-state index >= 15 is 0 Å². The van der Waals surface area contributed by atoms with Crippen LogP contribution in [0.3, 0.4) is 0 Å². The second-order valence-electron chi connectivity index (χ2n) is 3.87. The van der Waals surface area contributed by atoms with E-state index < -0.39 is 0 Å². The van der Waals surface area contributed by atoms with E-state index in [9.17, 15) is 0 Å². The third-order valence-corrected chi connectivity index (χ3v) is 2.61. The van der Waals surface area contributed by atoms with Crippen LogP contribution in [-0.4, -0.2) is 12.6 Å². The highest BCUT2D eigenvalue weighted by Gasteiger charge is 2.03. The summed E-state index contributed by atoms with van der Waals surface area (Å²) in [5, 5.41) is 3.47. The topological polar surface area (TPSA) is 38.0 Å². The maximum atomic E-state index is 5.51. The van der Waals surface area contributed by atoms with E-state index in [2.05, 4.69) is 44.3 Å². The average molecular weight is 192 g/mol. The van der Waals surface area contributed by atoms with Gasteiger partial charge >= 0.3 is 0 Å². The Hall–Kier alpha value is -1.02. The van der Waals surface area contributed by atoms with Crippen LogP contribution in [0.25, 0.3) is 0 Å². The van der Waals surface area contributed by atoms with Gasteiger partial charge in [0.25, 0.3) is 0 Å². The van der Waals surface area contributed by atoms with Crippen molar-refractivity contribution >= 4 is 5.69 Å². The van der Waals surface area contributed by atoms with Gasteiger partial charge in [-0.05, 0) is 50.9 Å². The molecular formula is C12H20N2. The van der Waals surface area contributed by atoms with Crippen LogP contribution in [0.2, 0.25) is 0 Å². The first-order valence-electron chi connectivity index (χ1n) is 5.18. The van der Waals surface area contributed by atoms with Gasteiger partial charge in [0.1, 0.15) is 0 Å². The van der Waals surface area contributed by atoms with Crippen molar-refractivity contribution in [3.8, 4) is 0 Å². The Morgan fingerprint density at radius 2 is 2.07 bits per heavy atom. The summed E-state index contributed by atoms with van der Waals surface area (Å²) in [5.74, 6) is 0. The Labute approximate surface area is 86.5 Å². The predicted octanol–water partition coefficient (Wildman–Crippen LogP) is 2.45. The largest absolute Gasteiger partial charge is 0.382 e. The van der Waals surface area contributed by atoms with E-state index in [1.807, 2.05) is 0 Å². The second kappa shape index (κ2) is 5.01. The number of hydrogen-bond donors (Lipinski definition) is 2. The highest BCUT2D eigenvalue weighted by molar-refractivity contribution is 5.54. The Morgan fingerprint density at radius 3 is 2.71 bits per heavy atom. The molecule has 0 radical (unpaired) electrons. The molecule has 0 saturated carbocycles. The Kier molecular flexibility index (Phi) is 3.96. The molecule has 1 atom stereocenters. The first-order valence-corrected chi connectivity index (χ1v) is 5.18. The summed E-state index contributed by atoms with van der Waals surface area (Å²) in [4.78, 5) is 0. The first kappa shape index (κ1) is 11.1. The predicted molar refractivity (Wildman–Crippen MR) is 62.7 cm³/mol. The van der Waals surface area contributed by atoms with E-state index in [1.165, 1.54) is 16.8 Å². The van der Waals surface area contributed by atoms with Crippen LogP contribution in [-0.2, 0) is 0 Å². The van der Waals surface area contributed by atoms with Crippen molar-refractivity contribution in [2.45, 2.75) is 33.2 Å². The third-order valence-electron chi connectivity index (χ3n) is 2.61. The molecule has 3 N–H and O–H groups in total. The standard InChI is InChI=1S/C12H20N2/c1-9-5-4-6-12(11(9)3)14-10(2)7-8-13/h4-6,10,14H,7-8,13H2,1-3H3. The van der Waals surface area contributed by atoms with Crippen LogP contribution in [0.5, 0.6) is 0 Å². The number of nitrogens with two attached hydrogens (primary N) is 1. The first-order chi connectivity index (χ1) is 6.65. The normalized spacial score (nSPS) is 12.6. The fourth-order valence-corrected chi connectivity index (χ4v) is 1.50. The summed E-state index contributed by atoms with van der Waals surface area (Å²) in [5.41, 5.74) is 9.40. The van der Waals surface area contributed by atoms with Gasteiger partial charge in [0.05, 0.1) is 0 Å². The van der Waals surface area contributed by atoms with Crippen molar-refractivity contribution in [3.05, 3.63) is 29.3 Å². The molecule has 0 aromatic heterocycles. The Balaban J connectivity index is 2.71. The lowest BCUT2D eigenvalue weighted by molar-refractivity contribution is 0.716. The number of nitrogens with one attached hydrogen (secondary N) is 1. The molecule has 0 bridgehead atoms. The van der Waals surface area contributed by atoms with Gasteiger partial charge in [-0.3, -0.25) is 0 Å². The molecule has 1 rings (SSSR count). The van der Waals surface area contributed by atoms with E-state index in [0.717, 1.165) is 13.0 Å². The minimum atomic E-state index is 0.445. The monoisotopic (exact) mass is 192 g/mol. The molecule has 0 spiro atoms. The SMILES string of the molecule is Cc1cccc(NC(C)CCN)c1C. The number of benzene rings is 1. The average Bonchev–Trinajstić information content (AvgIpc) is 2.13. The van der Waals surface area contributed by atoms with Crippen molar-refractivity contribution in [1.82, 2.24) is 0 Å². The molecule has 1 unspecified atom stereocenters. The van der Waals surface area contributed by atoms with Gasteiger partial charge in [0.15, 0.2) is 0 Å². The Bertz CT molecular complexity index is 294. The Morgan fingerprint density at radius 1 is 1.36 bits per heavy atom. The quantitative estimate of drug-likeness (QED) is 0.769. The second-order valence-corrected chi connectivity index (χ2v) is 3.87. The number of aryl methyl sites for hydroxylation is 1. The molecule has 0 amide bonds. The van der Waals surface area contributed by atoms with Crippen LogP contribution in [0, 0.1) is 13.8 Å². The number of hydrogen-bond acceptors (Lipinski definition) is 2. The molecule has 1 aromatic carbocycles. The molecule has 0 fully saturated rings. The molecule has 1 aromatic rings. The fraction of sp³-hybridized carbons (Fsp3) is 0.500. The fourth-order valence-electron chi connectivity index (χ4n) is 1.50. The summed E-state index contributed by atoms with van der Waals surface area (Å²) in [6.07, 6.45) is 1.01. The van der Waals surface area contributed by atoms with Crippen LogP contribution in [0.15, 0.2) is 18.2 Å². The summed E-state index contributed by atoms with van der Waals surface area (Å²) in [6, 6.07) is 6.78. The molecule has 2 heteroatoms. The molecular weight excluding hydrogens is 172 g/mol. The summed E-state index contributed by atoms with van der Waals surface area (Å²) >= 11 is 0. The lowest BCUT2D eigenvalue weighted by atomic mass is 10.1. The lowest BCUT2D eigenvalue weighted by Gasteiger charge is -2.17. The highest BCUT2D eigenvalue weighted by Crippen LogP contribution is 2.19. The van der Waals surface area contributed by atoms with Crippen LogP contribution < -0.4 is 11.1 Å². The van der Waals surface area contributed by atoms with Gasteiger partial charge in [0, 0.05) is 11.7 Å². The van der Waals surface area contributed by atoms with Gasteiger partial charge in [-0.2, -0.15) is 0 Å². The molecule has 0 heterocycles. The summed E-state index contributed by atoms with van der Waals surface area (Å²) < 4.78 is 0. The molecule has 0 saturated heterocycles. The molecule has 0 aliphatic carbocycles. The van der Waals surface area contributed by atoms with Gasteiger partial charge in [0.2, 0.25) is 0 Å². The third kappa shape index (κ3) is 2.74. The van der Waals surface area contributed by atoms with Crippen molar-refractivity contribution in [2.75, 3.05) is 11.9 Å². The number of anilines is 1. The zero-order valence-corrected chi connectivity index (χ0v) is 9.30. The molecule has 78 valence electrons. The van der Waals surface area contributed by atoms with Crippen molar-refractivity contribution in [2.24, 2.45) is 5.73 Å². The maximum absolute atomic E-state index is 5.51. The van der Waals surface area contributed by atoms with Gasteiger partial charge in [-0.15, -0.1) is 0 Å². The summed E-state index contributed by atoms with van der Waals surface area (Å²) in [6.45, 7) is 7.18. The van der Waals surface area contributed by atoms with Crippen LogP contribution in [0.4, 0.5) is 5.69 Å². The smallest absolute Gasteiger partial charge is 0.0374 e. The minimum absolute atomic E-state index is 0.445. The number of rotatable bonds is 4. The molecule has 0 aliphatic heterocycles. The van der Waals surface area contributed by atoms with Crippen molar-refractivity contribution in [3.63, 3.8) is 0 Å². The van der Waals surface area contributed by atoms with Crippen LogP contribution >= 0.6 is 0 Å². The van der Waals surface area contributed by atoms with E-state index in [-0.39, 0.29) is 0 Å². The molecule has 14 heavy (non-hydrogen) atoms. The van der Waals surface area contributed by atoms with Crippen molar-refractivity contribution in [1.29, 1.82) is 0 Å². The van der Waals surface area contributed by atoms with Gasteiger partial charge in [-0.25, -0.2) is 0 Å². The maximum Gasteiger partial charge on any atom is 0.0374 e. The van der Waals surface area contributed by atoms with Gasteiger partial charge < -0.3 is 11.1 Å². The highest BCUT2D eigenvalue weighted by atomic mass is 14.9. The zero-order valence-electron chi connectivity index (χ0n) is 9.30. The van der Waals surface area contributed by atoms with E-state index in [0.29, 0.717) is 6.04 Å². The van der Waals surface area contributed by atoms with E-state index in [4.69, 9.17) is 5.73 Å². The summed E-state index contributed by atoms with van der Waals surface area (Å²) in [7, 11) is 0. The van der Waals surface area contributed by atoms with E-state index in [1.54, 1.807) is 0 Å². The van der Waals surface area contributed by atoms with Gasteiger partial charge in [-0.1, -0.05) is 12.1 Å². The minimum Gasteiger partial charge on any atom is -0.382 e. The lowest BCUT2D eigenvalue weighted by Crippen LogP contribution is -2.19. The van der Waals surface area contributed by atoms with Crippen LogP contribution in [0.1, 0.15) is 24.5 Å². The van der Waals surface area contributed by atoms with Crippen molar-refractivity contribution < 1.29 is 0 Å². The molecule has 2 nitrogen and oxygen atoms in total.